The Bertz CT molecular complexity index is 3590. The van der Waals surface area contributed by atoms with Crippen LogP contribution in [0.3, 0.4) is 0 Å². The zero-order valence-electron chi connectivity index (χ0n) is 45.1. The van der Waals surface area contributed by atoms with Gasteiger partial charge in [0.2, 0.25) is 0 Å². The van der Waals surface area contributed by atoms with Crippen LogP contribution in [0.2, 0.25) is 0 Å². The van der Waals surface area contributed by atoms with Crippen LogP contribution in [0.1, 0.15) is 103 Å². The Balaban J connectivity index is 0.00000344. The molecule has 2 aromatic heterocycles. The number of rotatable bonds is 10. The van der Waals surface area contributed by atoms with Gasteiger partial charge in [-0.05, 0) is 97.6 Å². The van der Waals surface area contributed by atoms with Crippen molar-refractivity contribution in [3.63, 3.8) is 0 Å². The molecule has 0 spiro atoms. The average molecular weight is 1160 g/mol. The average Bonchev–Trinajstić information content (AvgIpc) is 3.94. The van der Waals surface area contributed by atoms with Crippen molar-refractivity contribution in [2.45, 2.75) is 90.9 Å². The number of hydrogen-bond donors (Lipinski definition) is 0. The Hall–Kier alpha value is -7.20. The fourth-order valence-corrected chi connectivity index (χ4v) is 10.3. The van der Waals surface area contributed by atoms with E-state index in [2.05, 4.69) is 284 Å². The van der Waals surface area contributed by atoms with Gasteiger partial charge in [0.05, 0.1) is 0 Å². The molecular formula is C69H66N4OPt. The van der Waals surface area contributed by atoms with Crippen molar-refractivity contribution in [2.75, 3.05) is 9.80 Å². The van der Waals surface area contributed by atoms with E-state index in [9.17, 15) is 0 Å². The van der Waals surface area contributed by atoms with Gasteiger partial charge >= 0.3 is 21.1 Å². The van der Waals surface area contributed by atoms with Crippen LogP contribution < -0.4 is 14.5 Å². The maximum atomic E-state index is 6.97. The van der Waals surface area contributed by atoms with Crippen molar-refractivity contribution in [1.29, 1.82) is 0 Å². The largest absolute Gasteiger partial charge is 4.00 e. The van der Waals surface area contributed by atoms with E-state index < -0.39 is 0 Å². The van der Waals surface area contributed by atoms with E-state index in [1.807, 2.05) is 12.3 Å². The number of hydrogen-bond acceptors (Lipinski definition) is 4. The van der Waals surface area contributed by atoms with Crippen LogP contribution in [-0.4, -0.2) is 9.55 Å². The van der Waals surface area contributed by atoms with Gasteiger partial charge in [-0.2, -0.15) is 6.07 Å². The van der Waals surface area contributed by atoms with E-state index in [0.717, 1.165) is 61.5 Å². The second kappa shape index (κ2) is 20.2. The van der Waals surface area contributed by atoms with Crippen molar-refractivity contribution >= 4 is 44.6 Å². The standard InChI is InChI=1S/C68H63N4O.CH3.Pt/c1-65(2,3)50-30-33-61-63(41-50)71(55-39-52(67(7,8)48-24-16-12-17-25-48)38-53(40-55)68(9,10)49-26-18-13-19-27-49)45-70(61)54-36-47(46-22-14-11-15-23-46)37-57(43-54)73-56-31-32-59-58-28-20-21-29-60(58)72(62(59)44-56)64-42-51(34-35-69-64)66(4,5)6;;/h11-42,45H,1-10H3;1H3;/q-3;-1;+4. The number of ether oxygens (including phenoxy) is 1. The minimum absolute atomic E-state index is 0. The molecule has 0 saturated heterocycles. The van der Waals surface area contributed by atoms with Crippen LogP contribution in [0.25, 0.3) is 38.8 Å². The minimum atomic E-state index is -0.292. The number of fused-ring (bicyclic) bond motifs is 4. The molecule has 0 radical (unpaired) electrons. The number of pyridine rings is 1. The first-order valence-corrected chi connectivity index (χ1v) is 25.5. The molecule has 8 aromatic carbocycles. The molecule has 1 aliphatic rings. The summed E-state index contributed by atoms with van der Waals surface area (Å²) in [6.45, 7) is 25.2. The summed E-state index contributed by atoms with van der Waals surface area (Å²) >= 11 is 0. The second-order valence-electron chi connectivity index (χ2n) is 22.7. The van der Waals surface area contributed by atoms with E-state index in [0.29, 0.717) is 11.5 Å². The molecule has 10 aromatic rings. The van der Waals surface area contributed by atoms with Crippen LogP contribution in [0, 0.1) is 26.2 Å². The van der Waals surface area contributed by atoms with Crippen molar-refractivity contribution in [3.05, 3.63) is 254 Å². The zero-order valence-corrected chi connectivity index (χ0v) is 47.3. The number of anilines is 4. The molecule has 0 bridgehead atoms. The Kier molecular flexibility index (Phi) is 14.1. The first kappa shape index (κ1) is 52.7. The van der Waals surface area contributed by atoms with Gasteiger partial charge in [0.15, 0.2) is 0 Å². The monoisotopic (exact) mass is 1160 g/mol. The summed E-state index contributed by atoms with van der Waals surface area (Å²) in [4.78, 5) is 9.58. The van der Waals surface area contributed by atoms with Gasteiger partial charge in [-0.15, -0.1) is 53.6 Å². The van der Waals surface area contributed by atoms with E-state index in [1.54, 1.807) is 0 Å². The summed E-state index contributed by atoms with van der Waals surface area (Å²) < 4.78 is 9.18. The zero-order chi connectivity index (χ0) is 50.9. The molecule has 0 amide bonds. The minimum Gasteiger partial charge on any atom is -0.509 e. The smallest absolute Gasteiger partial charge is 0.509 e. The van der Waals surface area contributed by atoms with Gasteiger partial charge in [0, 0.05) is 51.1 Å². The van der Waals surface area contributed by atoms with Gasteiger partial charge in [-0.3, -0.25) is 0 Å². The molecule has 0 aliphatic carbocycles. The van der Waals surface area contributed by atoms with Crippen molar-refractivity contribution in [1.82, 2.24) is 9.55 Å². The van der Waals surface area contributed by atoms with Gasteiger partial charge in [0.25, 0.3) is 0 Å². The maximum absolute atomic E-state index is 6.97. The maximum Gasteiger partial charge on any atom is 4.00 e. The molecule has 0 saturated carbocycles. The van der Waals surface area contributed by atoms with Crippen LogP contribution in [0.5, 0.6) is 11.5 Å². The normalized spacial score (nSPS) is 12.9. The fourth-order valence-electron chi connectivity index (χ4n) is 10.3. The third-order valence-electron chi connectivity index (χ3n) is 15.0. The van der Waals surface area contributed by atoms with Crippen molar-refractivity contribution in [2.24, 2.45) is 0 Å². The van der Waals surface area contributed by atoms with E-state index in [1.165, 1.54) is 33.4 Å². The third kappa shape index (κ3) is 9.96. The van der Waals surface area contributed by atoms with Crippen LogP contribution in [0.15, 0.2) is 194 Å². The molecule has 11 rings (SSSR count). The summed E-state index contributed by atoms with van der Waals surface area (Å²) in [7, 11) is 0. The van der Waals surface area contributed by atoms with Gasteiger partial charge in [0.1, 0.15) is 5.82 Å². The molecule has 378 valence electrons. The van der Waals surface area contributed by atoms with Crippen LogP contribution >= 0.6 is 0 Å². The van der Waals surface area contributed by atoms with Crippen molar-refractivity contribution < 1.29 is 25.8 Å². The number of nitrogens with zero attached hydrogens (tertiary/aromatic N) is 4. The van der Waals surface area contributed by atoms with Gasteiger partial charge in [-0.1, -0.05) is 196 Å². The van der Waals surface area contributed by atoms with Crippen LogP contribution in [-0.2, 0) is 42.7 Å². The first-order valence-electron chi connectivity index (χ1n) is 25.5. The van der Waals surface area contributed by atoms with Gasteiger partial charge < -0.3 is 26.5 Å². The molecule has 75 heavy (non-hydrogen) atoms. The van der Waals surface area contributed by atoms with Crippen LogP contribution in [0.4, 0.5) is 22.7 Å². The van der Waals surface area contributed by atoms with Gasteiger partial charge in [-0.25, -0.2) is 4.98 Å². The summed E-state index contributed by atoms with van der Waals surface area (Å²) in [5, 5.41) is 2.22. The number of para-hydroxylation sites is 1. The fraction of sp³-hybridized carbons (Fsp3) is 0.203. The SMILES string of the molecule is CC(C)(C)c1ccnc(-n2c3[c-]c(Oc4[c-]c(N5[CH-]N(c6cc(C(C)(C)c7ccccc7)cc(C(C)(C)c7ccccc7)c6)c6cc(C(C)(C)C)ccc65)cc(-c5ccccc5)c4)ccc3c3ccccc32)c1.[CH3-].[Pt+4]. The molecule has 0 N–H and O–H groups in total. The third-order valence-corrected chi connectivity index (χ3v) is 15.0. The summed E-state index contributed by atoms with van der Waals surface area (Å²) in [5.41, 5.74) is 14.9. The molecule has 5 nitrogen and oxygen atoms in total. The molecule has 0 unspecified atom stereocenters. The number of aromatic nitrogens is 2. The quantitative estimate of drug-likeness (QED) is 0.128. The predicted molar refractivity (Wildman–Crippen MR) is 311 cm³/mol. The summed E-state index contributed by atoms with van der Waals surface area (Å²) in [6, 6.07) is 75.2. The second-order valence-corrected chi connectivity index (χ2v) is 22.7. The molecule has 0 atom stereocenters. The molecular weight excluding hydrogens is 1100 g/mol. The Morgan fingerprint density at radius 2 is 1.04 bits per heavy atom. The van der Waals surface area contributed by atoms with Crippen molar-refractivity contribution in [3.8, 4) is 28.4 Å². The predicted octanol–water partition coefficient (Wildman–Crippen LogP) is 18.3. The molecule has 3 heterocycles. The summed E-state index contributed by atoms with van der Waals surface area (Å²) in [5.74, 6) is 2.02. The Labute approximate surface area is 460 Å². The number of benzene rings is 8. The molecule has 1 aliphatic heterocycles. The Morgan fingerprint density at radius 3 is 1.67 bits per heavy atom. The van der Waals surface area contributed by atoms with E-state index in [-0.39, 0.29) is 50.2 Å². The molecule has 0 fully saturated rings. The topological polar surface area (TPSA) is 33.5 Å². The van der Waals surface area contributed by atoms with E-state index in [4.69, 9.17) is 9.72 Å². The Morgan fingerprint density at radius 1 is 0.453 bits per heavy atom. The summed E-state index contributed by atoms with van der Waals surface area (Å²) in [6.07, 6.45) is 1.91. The van der Waals surface area contributed by atoms with E-state index >= 15 is 0 Å². The first-order chi connectivity index (χ1) is 34.9. The molecule has 6 heteroatoms.